The van der Waals surface area contributed by atoms with Gasteiger partial charge >= 0.3 is 0 Å². The lowest BCUT2D eigenvalue weighted by Gasteiger charge is -2.07. The van der Waals surface area contributed by atoms with E-state index in [1.54, 1.807) is 0 Å². The summed E-state index contributed by atoms with van der Waals surface area (Å²) in [6, 6.07) is 0.290. The van der Waals surface area contributed by atoms with Crippen LogP contribution in [0.5, 0.6) is 0 Å². The monoisotopic (exact) mass is 162 g/mol. The van der Waals surface area contributed by atoms with Gasteiger partial charge in [0.2, 0.25) is 0 Å². The fraction of sp³-hybridized carbons (Fsp3) is 1.00. The third-order valence-electron chi connectivity index (χ3n) is 1.08. The molecule has 0 aliphatic heterocycles. The predicted octanol–water partition coefficient (Wildman–Crippen LogP) is 3.21. The number of rotatable bonds is 3. The molecule has 0 aromatic rings. The van der Waals surface area contributed by atoms with Crippen LogP contribution in [0.4, 0.5) is 0 Å². The zero-order chi connectivity index (χ0) is 8.20. The highest BCUT2D eigenvalue weighted by atomic mass is 35.5. The minimum absolute atomic E-state index is 0.290. The molecule has 0 spiro atoms. The molecule has 0 saturated heterocycles. The van der Waals surface area contributed by atoms with Crippen LogP contribution in [0.3, 0.4) is 0 Å². The molecule has 60 valence electrons. The molecule has 1 atom stereocenters. The number of halogens is 1. The maximum absolute atomic E-state index is 5.77. The SMILES string of the molecule is CCC(C)N=NC(C)(C)Cl. The van der Waals surface area contributed by atoms with E-state index in [1.165, 1.54) is 0 Å². The van der Waals surface area contributed by atoms with Crippen LogP contribution >= 0.6 is 11.6 Å². The zero-order valence-corrected chi connectivity index (χ0v) is 7.81. The van der Waals surface area contributed by atoms with E-state index in [0.717, 1.165) is 6.42 Å². The number of alkyl halides is 1. The lowest BCUT2D eigenvalue weighted by molar-refractivity contribution is 0.598. The van der Waals surface area contributed by atoms with E-state index in [4.69, 9.17) is 11.6 Å². The van der Waals surface area contributed by atoms with E-state index < -0.39 is 5.00 Å². The third-order valence-corrected chi connectivity index (χ3v) is 1.16. The van der Waals surface area contributed by atoms with Crippen LogP contribution in [0.25, 0.3) is 0 Å². The fourth-order valence-corrected chi connectivity index (χ4v) is 0.361. The Labute approximate surface area is 67.7 Å². The van der Waals surface area contributed by atoms with Gasteiger partial charge in [-0.05, 0) is 27.2 Å². The van der Waals surface area contributed by atoms with Crippen LogP contribution in [0.2, 0.25) is 0 Å². The second-order valence-electron chi connectivity index (χ2n) is 2.88. The van der Waals surface area contributed by atoms with Gasteiger partial charge in [-0.15, -0.1) is 0 Å². The first-order chi connectivity index (χ1) is 4.45. The van der Waals surface area contributed by atoms with Crippen LogP contribution in [0.1, 0.15) is 34.1 Å². The topological polar surface area (TPSA) is 24.7 Å². The number of nitrogens with zero attached hydrogens (tertiary/aromatic N) is 2. The van der Waals surface area contributed by atoms with Crippen molar-refractivity contribution >= 4 is 11.6 Å². The van der Waals surface area contributed by atoms with Crippen molar-refractivity contribution in [3.8, 4) is 0 Å². The standard InChI is InChI=1S/C7H15ClN2/c1-5-6(2)9-10-7(3,4)8/h6H,5H2,1-4H3. The second-order valence-corrected chi connectivity index (χ2v) is 3.81. The maximum Gasteiger partial charge on any atom is 0.149 e. The van der Waals surface area contributed by atoms with Crippen LogP contribution in [0, 0.1) is 0 Å². The number of azo groups is 1. The Morgan fingerprint density at radius 2 is 2.00 bits per heavy atom. The van der Waals surface area contributed by atoms with Crippen molar-refractivity contribution in [2.24, 2.45) is 10.2 Å². The van der Waals surface area contributed by atoms with Gasteiger partial charge in [0, 0.05) is 0 Å². The molecule has 0 heterocycles. The van der Waals surface area contributed by atoms with Gasteiger partial charge in [0.1, 0.15) is 5.00 Å². The summed E-state index contributed by atoms with van der Waals surface area (Å²) in [5.74, 6) is 0. The summed E-state index contributed by atoms with van der Waals surface area (Å²) in [5, 5.41) is 7.92. The molecule has 3 heteroatoms. The quantitative estimate of drug-likeness (QED) is 0.346. The van der Waals surface area contributed by atoms with E-state index in [9.17, 15) is 0 Å². The van der Waals surface area contributed by atoms with Crippen LogP contribution < -0.4 is 0 Å². The summed E-state index contributed by atoms with van der Waals surface area (Å²) in [5.41, 5.74) is 0. The number of hydrogen-bond donors (Lipinski definition) is 0. The van der Waals surface area contributed by atoms with Gasteiger partial charge in [-0.1, -0.05) is 18.5 Å². The van der Waals surface area contributed by atoms with E-state index in [0.29, 0.717) is 0 Å². The van der Waals surface area contributed by atoms with Crippen LogP contribution in [-0.4, -0.2) is 11.0 Å². The molecular formula is C7H15ClN2. The van der Waals surface area contributed by atoms with Gasteiger partial charge in [-0.2, -0.15) is 10.2 Å². The molecule has 0 bridgehead atoms. The molecular weight excluding hydrogens is 148 g/mol. The molecule has 0 aromatic carbocycles. The molecule has 0 aliphatic carbocycles. The molecule has 10 heavy (non-hydrogen) atoms. The Morgan fingerprint density at radius 1 is 1.50 bits per heavy atom. The first-order valence-corrected chi connectivity index (χ1v) is 3.94. The van der Waals surface area contributed by atoms with Crippen molar-refractivity contribution in [2.75, 3.05) is 0 Å². The minimum atomic E-state index is -0.538. The molecule has 0 N–H and O–H groups in total. The van der Waals surface area contributed by atoms with Gasteiger partial charge in [0.25, 0.3) is 0 Å². The highest BCUT2D eigenvalue weighted by molar-refractivity contribution is 6.23. The summed E-state index contributed by atoms with van der Waals surface area (Å²) < 4.78 is 0. The van der Waals surface area contributed by atoms with Gasteiger partial charge in [0.15, 0.2) is 0 Å². The number of hydrogen-bond acceptors (Lipinski definition) is 2. The third kappa shape index (κ3) is 6.02. The second kappa shape index (κ2) is 3.91. The molecule has 0 radical (unpaired) electrons. The lowest BCUT2D eigenvalue weighted by Crippen LogP contribution is -2.05. The van der Waals surface area contributed by atoms with Crippen molar-refractivity contribution in [3.63, 3.8) is 0 Å². The smallest absolute Gasteiger partial charge is 0.149 e. The predicted molar refractivity (Wildman–Crippen MR) is 44.5 cm³/mol. The van der Waals surface area contributed by atoms with E-state index in [-0.39, 0.29) is 6.04 Å². The van der Waals surface area contributed by atoms with Gasteiger partial charge in [0.05, 0.1) is 6.04 Å². The average Bonchev–Trinajstić information content (AvgIpc) is 1.81. The Balaban J connectivity index is 3.75. The summed E-state index contributed by atoms with van der Waals surface area (Å²) >= 11 is 5.77. The van der Waals surface area contributed by atoms with Crippen LogP contribution in [-0.2, 0) is 0 Å². The van der Waals surface area contributed by atoms with E-state index in [2.05, 4.69) is 17.2 Å². The lowest BCUT2D eigenvalue weighted by atomic mass is 10.3. The maximum atomic E-state index is 5.77. The summed E-state index contributed by atoms with van der Waals surface area (Å²) in [6.45, 7) is 7.73. The van der Waals surface area contributed by atoms with Crippen molar-refractivity contribution in [2.45, 2.75) is 45.2 Å². The molecule has 0 aromatic heterocycles. The van der Waals surface area contributed by atoms with Crippen molar-refractivity contribution in [1.82, 2.24) is 0 Å². The Bertz CT molecular complexity index is 115. The largest absolute Gasteiger partial charge is 0.189 e. The average molecular weight is 163 g/mol. The van der Waals surface area contributed by atoms with Gasteiger partial charge < -0.3 is 0 Å². The molecule has 0 rings (SSSR count). The van der Waals surface area contributed by atoms with Crippen LogP contribution in [0.15, 0.2) is 10.2 Å². The molecule has 0 saturated carbocycles. The Morgan fingerprint density at radius 3 is 2.30 bits per heavy atom. The molecule has 1 unspecified atom stereocenters. The summed E-state index contributed by atoms with van der Waals surface area (Å²) in [7, 11) is 0. The first-order valence-electron chi connectivity index (χ1n) is 3.56. The first kappa shape index (κ1) is 9.89. The molecule has 2 nitrogen and oxygen atoms in total. The zero-order valence-electron chi connectivity index (χ0n) is 7.06. The van der Waals surface area contributed by atoms with E-state index >= 15 is 0 Å². The van der Waals surface area contributed by atoms with Crippen molar-refractivity contribution in [1.29, 1.82) is 0 Å². The summed E-state index contributed by atoms with van der Waals surface area (Å²) in [6.07, 6.45) is 1.01. The van der Waals surface area contributed by atoms with Gasteiger partial charge in [-0.25, -0.2) is 0 Å². The molecule has 0 aliphatic rings. The minimum Gasteiger partial charge on any atom is -0.189 e. The Kier molecular flexibility index (Phi) is 3.87. The van der Waals surface area contributed by atoms with Gasteiger partial charge in [-0.3, -0.25) is 0 Å². The van der Waals surface area contributed by atoms with E-state index in [1.807, 2.05) is 20.8 Å². The highest BCUT2D eigenvalue weighted by Crippen LogP contribution is 2.15. The van der Waals surface area contributed by atoms with Crippen molar-refractivity contribution in [3.05, 3.63) is 0 Å². The Hall–Kier alpha value is -0.110. The van der Waals surface area contributed by atoms with Crippen molar-refractivity contribution < 1.29 is 0 Å². The normalized spacial score (nSPS) is 16.1. The fourth-order valence-electron chi connectivity index (χ4n) is 0.318. The molecule has 0 fully saturated rings. The molecule has 0 amide bonds. The highest BCUT2D eigenvalue weighted by Gasteiger charge is 2.10. The summed E-state index contributed by atoms with van der Waals surface area (Å²) in [4.78, 5) is -0.538.